The molecule has 3 atom stereocenters. The molecule has 0 saturated carbocycles. The standard InChI is InChI=1S/C23H40ClN5O5Si2/c1-13(2)35(14(3)4)31-11-18-17(33-36(34-35,15(5)6)16(7)8)10-19(32-18)29-12-25-20-21(28-30-9)26-23(24)27-22(20)29/h12-19H,10-11H2,1-9H3,(H,26,27,28)/t17-,18+,19+/m0/s1. The average Bonchev–Trinajstić information content (AvgIpc) is 3.37. The molecule has 0 radical (unpaired) electrons. The van der Waals surface area contributed by atoms with E-state index >= 15 is 0 Å². The van der Waals surface area contributed by atoms with Gasteiger partial charge in [-0.2, -0.15) is 9.97 Å². The number of fused-ring (bicyclic) bond motifs is 2. The Balaban J connectivity index is 1.73. The first kappa shape index (κ1) is 27.9. The van der Waals surface area contributed by atoms with Crippen molar-refractivity contribution in [2.45, 2.75) is 102 Å². The summed E-state index contributed by atoms with van der Waals surface area (Å²) in [6, 6.07) is 0. The Morgan fingerprint density at radius 3 is 2.22 bits per heavy atom. The lowest BCUT2D eigenvalue weighted by Gasteiger charge is -2.51. The highest BCUT2D eigenvalue weighted by Crippen LogP contribution is 2.48. The van der Waals surface area contributed by atoms with Gasteiger partial charge in [-0.15, -0.1) is 0 Å². The van der Waals surface area contributed by atoms with Crippen LogP contribution in [0.15, 0.2) is 6.33 Å². The van der Waals surface area contributed by atoms with Crippen molar-refractivity contribution in [3.63, 3.8) is 0 Å². The molecule has 0 spiro atoms. The van der Waals surface area contributed by atoms with Crippen LogP contribution < -0.4 is 5.48 Å². The molecule has 2 fully saturated rings. The van der Waals surface area contributed by atoms with E-state index in [4.69, 9.17) is 34.1 Å². The maximum Gasteiger partial charge on any atom is 0.335 e. The second-order valence-electron chi connectivity index (χ2n) is 11.0. The van der Waals surface area contributed by atoms with Crippen LogP contribution >= 0.6 is 11.6 Å². The quantitative estimate of drug-likeness (QED) is 0.261. The third-order valence-corrected chi connectivity index (χ3v) is 17.9. The van der Waals surface area contributed by atoms with Crippen LogP contribution in [-0.4, -0.2) is 62.6 Å². The summed E-state index contributed by atoms with van der Waals surface area (Å²) in [6.07, 6.45) is 1.61. The Hall–Kier alpha value is -1.13. The molecule has 0 aliphatic carbocycles. The zero-order chi connectivity index (χ0) is 26.4. The molecule has 0 unspecified atom stereocenters. The van der Waals surface area contributed by atoms with Crippen LogP contribution in [0.5, 0.6) is 0 Å². The van der Waals surface area contributed by atoms with Crippen LogP contribution in [0.25, 0.3) is 11.2 Å². The van der Waals surface area contributed by atoms with Gasteiger partial charge < -0.3 is 17.7 Å². The third kappa shape index (κ3) is 4.75. The second-order valence-corrected chi connectivity index (χ2v) is 20.2. The molecule has 0 aromatic carbocycles. The fourth-order valence-electron chi connectivity index (χ4n) is 5.58. The van der Waals surface area contributed by atoms with Gasteiger partial charge in [-0.05, 0) is 33.8 Å². The monoisotopic (exact) mass is 557 g/mol. The van der Waals surface area contributed by atoms with E-state index in [-0.39, 0.29) is 45.9 Å². The van der Waals surface area contributed by atoms with E-state index in [0.29, 0.717) is 30.0 Å². The zero-order valence-electron chi connectivity index (χ0n) is 22.7. The van der Waals surface area contributed by atoms with Gasteiger partial charge >= 0.3 is 17.1 Å². The summed E-state index contributed by atoms with van der Waals surface area (Å²) in [5.74, 6) is 0.402. The first-order chi connectivity index (χ1) is 16.9. The lowest BCUT2D eigenvalue weighted by molar-refractivity contribution is -0.0544. The molecule has 13 heteroatoms. The van der Waals surface area contributed by atoms with Crippen molar-refractivity contribution in [2.24, 2.45) is 0 Å². The summed E-state index contributed by atoms with van der Waals surface area (Å²) in [5, 5.41) is 0.0940. The summed E-state index contributed by atoms with van der Waals surface area (Å²) in [4.78, 5) is 18.2. The van der Waals surface area contributed by atoms with Crippen LogP contribution in [0.2, 0.25) is 27.4 Å². The van der Waals surface area contributed by atoms with E-state index in [1.807, 2.05) is 4.57 Å². The molecule has 36 heavy (non-hydrogen) atoms. The molecular weight excluding hydrogens is 518 g/mol. The van der Waals surface area contributed by atoms with Gasteiger partial charge in [0.15, 0.2) is 17.0 Å². The van der Waals surface area contributed by atoms with Crippen LogP contribution in [0, 0.1) is 0 Å². The van der Waals surface area contributed by atoms with Crippen LogP contribution in [0.1, 0.15) is 68.0 Å². The fourth-order valence-corrected chi connectivity index (χ4v) is 17.0. The van der Waals surface area contributed by atoms with Crippen molar-refractivity contribution in [3.8, 4) is 0 Å². The maximum atomic E-state index is 7.27. The highest BCUT2D eigenvalue weighted by Gasteiger charge is 2.60. The Kier molecular flexibility index (Phi) is 8.18. The van der Waals surface area contributed by atoms with Gasteiger partial charge in [-0.3, -0.25) is 9.40 Å². The van der Waals surface area contributed by atoms with Gasteiger partial charge in [0.1, 0.15) is 12.3 Å². The second kappa shape index (κ2) is 10.6. The Morgan fingerprint density at radius 1 is 1.00 bits per heavy atom. The van der Waals surface area contributed by atoms with Gasteiger partial charge in [-0.25, -0.2) is 10.5 Å². The van der Waals surface area contributed by atoms with E-state index in [2.05, 4.69) is 75.8 Å². The lowest BCUT2D eigenvalue weighted by Crippen LogP contribution is -2.65. The van der Waals surface area contributed by atoms with Gasteiger partial charge in [0.05, 0.1) is 26.1 Å². The van der Waals surface area contributed by atoms with Crippen molar-refractivity contribution in [1.82, 2.24) is 19.5 Å². The van der Waals surface area contributed by atoms with E-state index in [0.717, 1.165) is 0 Å². The first-order valence-electron chi connectivity index (χ1n) is 12.8. The smallest absolute Gasteiger partial charge is 0.335 e. The summed E-state index contributed by atoms with van der Waals surface area (Å²) < 4.78 is 29.7. The minimum absolute atomic E-state index is 0.0940. The van der Waals surface area contributed by atoms with Crippen LogP contribution in [-0.2, 0) is 22.5 Å². The molecular formula is C23H40ClN5O5Si2. The molecule has 2 aliphatic heterocycles. The molecule has 4 heterocycles. The summed E-state index contributed by atoms with van der Waals surface area (Å²) in [5.41, 5.74) is 4.91. The molecule has 0 amide bonds. The zero-order valence-corrected chi connectivity index (χ0v) is 25.5. The summed E-state index contributed by atoms with van der Waals surface area (Å²) >= 11 is 6.21. The lowest BCUT2D eigenvalue weighted by atomic mass is 10.2. The number of ether oxygens (including phenoxy) is 1. The number of rotatable bonds is 7. The predicted octanol–water partition coefficient (Wildman–Crippen LogP) is 5.70. The molecule has 202 valence electrons. The third-order valence-electron chi connectivity index (χ3n) is 7.43. The largest absolute Gasteiger partial charge is 0.414 e. The van der Waals surface area contributed by atoms with Crippen molar-refractivity contribution >= 4 is 45.7 Å². The molecule has 10 nitrogen and oxygen atoms in total. The van der Waals surface area contributed by atoms with Crippen LogP contribution in [0.3, 0.4) is 0 Å². The summed E-state index contributed by atoms with van der Waals surface area (Å²) in [7, 11) is -3.82. The van der Waals surface area contributed by atoms with E-state index in [1.54, 1.807) is 6.33 Å². The minimum Gasteiger partial charge on any atom is -0.414 e. The number of anilines is 1. The van der Waals surface area contributed by atoms with Gasteiger partial charge in [0, 0.05) is 6.42 Å². The van der Waals surface area contributed by atoms with Crippen LogP contribution in [0.4, 0.5) is 5.82 Å². The normalized spacial score (nSPS) is 26.1. The SMILES string of the molecule is CONc1nc(Cl)nc2c1ncn2[C@H]1C[C@@H]2O[Si](C(C)C)(C(C)C)O[Si](C(C)C)(C(C)C)OC[C@H]2O1. The molecule has 2 aromatic heterocycles. The number of hydrogen-bond acceptors (Lipinski definition) is 9. The maximum absolute atomic E-state index is 7.27. The Bertz CT molecular complexity index is 1050. The highest BCUT2D eigenvalue weighted by atomic mass is 35.5. The Morgan fingerprint density at radius 2 is 1.64 bits per heavy atom. The summed E-state index contributed by atoms with van der Waals surface area (Å²) in [6.45, 7) is 18.2. The van der Waals surface area contributed by atoms with E-state index in [9.17, 15) is 0 Å². The molecule has 0 bridgehead atoms. The predicted molar refractivity (Wildman–Crippen MR) is 143 cm³/mol. The highest BCUT2D eigenvalue weighted by molar-refractivity contribution is 6.83. The van der Waals surface area contributed by atoms with Crippen molar-refractivity contribution in [2.75, 3.05) is 19.2 Å². The van der Waals surface area contributed by atoms with Crippen molar-refractivity contribution in [1.29, 1.82) is 0 Å². The molecule has 4 rings (SSSR count). The number of imidazole rings is 1. The van der Waals surface area contributed by atoms with E-state index in [1.165, 1.54) is 7.11 Å². The number of aromatic nitrogens is 4. The molecule has 2 aliphatic rings. The minimum atomic E-state index is -2.70. The van der Waals surface area contributed by atoms with E-state index < -0.39 is 17.1 Å². The first-order valence-corrected chi connectivity index (χ1v) is 17.1. The molecule has 2 saturated heterocycles. The number of halogens is 1. The van der Waals surface area contributed by atoms with Gasteiger partial charge in [-0.1, -0.05) is 55.4 Å². The number of nitrogens with one attached hydrogen (secondary N) is 1. The fraction of sp³-hybridized carbons (Fsp3) is 0.783. The van der Waals surface area contributed by atoms with Gasteiger partial charge in [0.2, 0.25) is 5.28 Å². The average molecular weight is 558 g/mol. The molecule has 1 N–H and O–H groups in total. The number of nitrogens with zero attached hydrogens (tertiary/aromatic N) is 4. The number of hydrogen-bond donors (Lipinski definition) is 1. The van der Waals surface area contributed by atoms with Gasteiger partial charge in [0.25, 0.3) is 0 Å². The topological polar surface area (TPSA) is 102 Å². The molecule has 2 aromatic rings. The van der Waals surface area contributed by atoms with Crippen molar-refractivity contribution in [3.05, 3.63) is 11.6 Å². The van der Waals surface area contributed by atoms with Crippen molar-refractivity contribution < 1.29 is 22.5 Å². The Labute approximate surface area is 220 Å².